The number of rotatable bonds is 6. The monoisotopic (exact) mass is 428 g/mol. The highest BCUT2D eigenvalue weighted by Crippen LogP contribution is 2.47. The highest BCUT2D eigenvalue weighted by molar-refractivity contribution is 5.81. The summed E-state index contributed by atoms with van der Waals surface area (Å²) < 4.78 is 11.3. The van der Waals surface area contributed by atoms with Gasteiger partial charge in [-0.15, -0.1) is 0 Å². The zero-order valence-corrected chi connectivity index (χ0v) is 18.3. The van der Waals surface area contributed by atoms with E-state index in [2.05, 4.69) is 58.7 Å². The molecule has 0 aliphatic carbocycles. The molecule has 3 aromatic carbocycles. The summed E-state index contributed by atoms with van der Waals surface area (Å²) in [6.45, 7) is 2.74. The number of carbonyl (C=O) groups is 1. The average Bonchev–Trinajstić information content (AvgIpc) is 3.40. The van der Waals surface area contributed by atoms with Gasteiger partial charge in [0.2, 0.25) is 5.91 Å². The number of carbonyl (C=O) groups excluding carboxylic acids is 1. The Hall–Kier alpha value is -3.31. The Morgan fingerprint density at radius 1 is 1.06 bits per heavy atom. The van der Waals surface area contributed by atoms with E-state index in [1.165, 1.54) is 16.8 Å². The third kappa shape index (κ3) is 3.96. The predicted octanol–water partition coefficient (Wildman–Crippen LogP) is 4.06. The van der Waals surface area contributed by atoms with Crippen LogP contribution in [0.25, 0.3) is 0 Å². The third-order valence-corrected chi connectivity index (χ3v) is 6.56. The lowest BCUT2D eigenvalue weighted by Crippen LogP contribution is -2.37. The van der Waals surface area contributed by atoms with Crippen molar-refractivity contribution in [2.45, 2.75) is 31.0 Å². The third-order valence-electron chi connectivity index (χ3n) is 6.56. The van der Waals surface area contributed by atoms with E-state index in [1.54, 1.807) is 7.11 Å². The van der Waals surface area contributed by atoms with Crippen LogP contribution in [-0.4, -0.2) is 32.3 Å². The van der Waals surface area contributed by atoms with Crippen molar-refractivity contribution in [2.24, 2.45) is 0 Å². The van der Waals surface area contributed by atoms with E-state index >= 15 is 0 Å². The van der Waals surface area contributed by atoms with E-state index < -0.39 is 6.10 Å². The van der Waals surface area contributed by atoms with Gasteiger partial charge >= 0.3 is 0 Å². The first kappa shape index (κ1) is 20.6. The number of hydrogen-bond donors (Lipinski definition) is 1. The van der Waals surface area contributed by atoms with Crippen LogP contribution in [0, 0.1) is 0 Å². The summed E-state index contributed by atoms with van der Waals surface area (Å²) in [5.41, 5.74) is 4.68. The summed E-state index contributed by atoms with van der Waals surface area (Å²) in [7, 11) is 1.64. The molecule has 32 heavy (non-hydrogen) atoms. The number of hydrogen-bond acceptors (Lipinski definition) is 4. The Kier molecular flexibility index (Phi) is 5.58. The van der Waals surface area contributed by atoms with Crippen LogP contribution in [0.5, 0.6) is 5.75 Å². The molecule has 2 aliphatic heterocycles. The molecule has 0 saturated carbocycles. The molecule has 2 unspecified atom stereocenters. The summed E-state index contributed by atoms with van der Waals surface area (Å²) in [6, 6.07) is 26.8. The van der Waals surface area contributed by atoms with E-state index in [9.17, 15) is 4.79 Å². The number of methoxy groups -OCH3 is 1. The molecule has 3 aromatic rings. The van der Waals surface area contributed by atoms with Crippen molar-refractivity contribution in [1.82, 2.24) is 5.32 Å². The Labute approximate surface area is 189 Å². The van der Waals surface area contributed by atoms with Crippen LogP contribution in [0.2, 0.25) is 0 Å². The van der Waals surface area contributed by atoms with E-state index in [4.69, 9.17) is 9.47 Å². The van der Waals surface area contributed by atoms with Crippen LogP contribution in [-0.2, 0) is 28.0 Å². The molecule has 1 N–H and O–H groups in total. The quantitative estimate of drug-likeness (QED) is 0.643. The zero-order chi connectivity index (χ0) is 22.0. The molecule has 0 radical (unpaired) electrons. The molecule has 1 fully saturated rings. The molecule has 5 rings (SSSR count). The first-order chi connectivity index (χ1) is 15.7. The molecule has 5 heteroatoms. The number of ether oxygens (including phenoxy) is 2. The van der Waals surface area contributed by atoms with Gasteiger partial charge in [-0.2, -0.15) is 0 Å². The maximum absolute atomic E-state index is 12.9. The van der Waals surface area contributed by atoms with Crippen LogP contribution in [0.15, 0.2) is 78.9 Å². The summed E-state index contributed by atoms with van der Waals surface area (Å²) in [4.78, 5) is 15.3. The molecular formula is C27H28N2O3. The molecule has 1 spiro atoms. The number of nitrogens with zero attached hydrogens (tertiary/aromatic N) is 1. The van der Waals surface area contributed by atoms with Crippen molar-refractivity contribution in [1.29, 1.82) is 0 Å². The van der Waals surface area contributed by atoms with Gasteiger partial charge in [0.25, 0.3) is 0 Å². The van der Waals surface area contributed by atoms with Crippen LogP contribution < -0.4 is 15.0 Å². The normalized spacial score (nSPS) is 21.5. The number of para-hydroxylation sites is 1. The molecule has 164 valence electrons. The van der Waals surface area contributed by atoms with Crippen molar-refractivity contribution in [3.05, 3.63) is 95.6 Å². The van der Waals surface area contributed by atoms with Crippen molar-refractivity contribution < 1.29 is 14.3 Å². The molecule has 1 saturated heterocycles. The van der Waals surface area contributed by atoms with Crippen molar-refractivity contribution >= 4 is 11.6 Å². The first-order valence-corrected chi connectivity index (χ1v) is 11.1. The fourth-order valence-corrected chi connectivity index (χ4v) is 4.96. The van der Waals surface area contributed by atoms with Gasteiger partial charge in [-0.25, -0.2) is 0 Å². The smallest absolute Gasteiger partial charge is 0.249 e. The molecule has 2 atom stereocenters. The zero-order valence-electron chi connectivity index (χ0n) is 18.3. The lowest BCUT2D eigenvalue weighted by Gasteiger charge is -2.24. The van der Waals surface area contributed by atoms with E-state index in [1.807, 2.05) is 30.3 Å². The first-order valence-electron chi connectivity index (χ1n) is 11.1. The second kappa shape index (κ2) is 8.67. The topological polar surface area (TPSA) is 50.8 Å². The largest absolute Gasteiger partial charge is 0.497 e. The maximum Gasteiger partial charge on any atom is 0.249 e. The number of benzene rings is 3. The lowest BCUT2D eigenvalue weighted by atomic mass is 9.80. The Morgan fingerprint density at radius 2 is 1.84 bits per heavy atom. The minimum Gasteiger partial charge on any atom is -0.497 e. The minimum atomic E-state index is -0.440. The lowest BCUT2D eigenvalue weighted by molar-refractivity contribution is -0.130. The number of amides is 1. The molecule has 0 aromatic heterocycles. The van der Waals surface area contributed by atoms with Gasteiger partial charge in [-0.1, -0.05) is 60.7 Å². The molecule has 1 amide bonds. The van der Waals surface area contributed by atoms with Crippen molar-refractivity contribution in [3.63, 3.8) is 0 Å². The predicted molar refractivity (Wildman–Crippen MR) is 125 cm³/mol. The fraction of sp³-hybridized carbons (Fsp3) is 0.296. The maximum atomic E-state index is 12.9. The van der Waals surface area contributed by atoms with Crippen LogP contribution in [0.3, 0.4) is 0 Å². The molecule has 2 heterocycles. The van der Waals surface area contributed by atoms with Crippen molar-refractivity contribution in [2.75, 3.05) is 25.2 Å². The van der Waals surface area contributed by atoms with E-state index in [0.29, 0.717) is 19.6 Å². The number of fused-ring (bicyclic) bond motifs is 2. The summed E-state index contributed by atoms with van der Waals surface area (Å²) in [5, 5.41) is 3.04. The molecule has 0 bridgehead atoms. The van der Waals surface area contributed by atoms with Gasteiger partial charge < -0.3 is 19.7 Å². The highest BCUT2D eigenvalue weighted by Gasteiger charge is 2.50. The van der Waals surface area contributed by atoms with E-state index in [0.717, 1.165) is 24.4 Å². The van der Waals surface area contributed by atoms with Crippen LogP contribution in [0.1, 0.15) is 23.1 Å². The molecular weight excluding hydrogens is 400 g/mol. The minimum absolute atomic E-state index is 0.0521. The Balaban J connectivity index is 1.28. The SMILES string of the molecule is COc1cccc(CNC(=O)C2CC3(CO2)CN(Cc2ccccc2)c2ccccc23)c1. The summed E-state index contributed by atoms with van der Waals surface area (Å²) >= 11 is 0. The van der Waals surface area contributed by atoms with Gasteiger partial charge in [0.05, 0.1) is 13.7 Å². The standard InChI is InChI=1S/C27H28N2O3/c1-31-22-11-7-10-21(14-22)16-28-26(30)25-15-27(19-32-25)18-29(17-20-8-3-2-4-9-20)24-13-6-5-12-23(24)27/h2-14,25H,15-19H2,1H3,(H,28,30). The molecule has 5 nitrogen and oxygen atoms in total. The fourth-order valence-electron chi connectivity index (χ4n) is 4.96. The molecule has 2 aliphatic rings. The average molecular weight is 429 g/mol. The Morgan fingerprint density at radius 3 is 2.69 bits per heavy atom. The second-order valence-electron chi connectivity index (χ2n) is 8.71. The van der Waals surface area contributed by atoms with Gasteiger partial charge in [0.1, 0.15) is 11.9 Å². The van der Waals surface area contributed by atoms with Crippen LogP contribution >= 0.6 is 0 Å². The number of nitrogens with one attached hydrogen (secondary N) is 1. The summed E-state index contributed by atoms with van der Waals surface area (Å²) in [5.74, 6) is 0.734. The summed E-state index contributed by atoms with van der Waals surface area (Å²) in [6.07, 6.45) is 0.254. The van der Waals surface area contributed by atoms with Crippen LogP contribution in [0.4, 0.5) is 5.69 Å². The second-order valence-corrected chi connectivity index (χ2v) is 8.71. The van der Waals surface area contributed by atoms with Gasteiger partial charge in [0.15, 0.2) is 0 Å². The van der Waals surface area contributed by atoms with Gasteiger partial charge in [-0.3, -0.25) is 4.79 Å². The van der Waals surface area contributed by atoms with Gasteiger partial charge in [-0.05, 0) is 41.3 Å². The number of anilines is 1. The highest BCUT2D eigenvalue weighted by atomic mass is 16.5. The Bertz CT molecular complexity index is 1100. The van der Waals surface area contributed by atoms with Gasteiger partial charge in [0, 0.05) is 30.7 Å². The van der Waals surface area contributed by atoms with Crippen molar-refractivity contribution in [3.8, 4) is 5.75 Å². The van der Waals surface area contributed by atoms with E-state index in [-0.39, 0.29) is 11.3 Å².